The molecule has 1 aliphatic heterocycles. The molecule has 9 nitrogen and oxygen atoms in total. The van der Waals surface area contributed by atoms with Gasteiger partial charge in [-0.2, -0.15) is 4.90 Å². The zero-order valence-corrected chi connectivity index (χ0v) is 23.1. The van der Waals surface area contributed by atoms with Gasteiger partial charge in [-0.15, -0.1) is 0 Å². The Labute approximate surface area is 228 Å². The molecule has 1 saturated heterocycles. The molecule has 3 aliphatic carbocycles. The average molecular weight is 635 g/mol. The first-order valence-electron chi connectivity index (χ1n) is 11.4. The van der Waals surface area contributed by atoms with E-state index in [0.29, 0.717) is 30.6 Å². The van der Waals surface area contributed by atoms with Gasteiger partial charge in [0.05, 0.1) is 30.5 Å². The van der Waals surface area contributed by atoms with Crippen LogP contribution in [-0.4, -0.2) is 53.7 Å². The normalized spacial score (nSPS) is 26.9. The van der Waals surface area contributed by atoms with Gasteiger partial charge < -0.3 is 14.6 Å². The van der Waals surface area contributed by atoms with Crippen molar-refractivity contribution in [2.75, 3.05) is 14.2 Å². The molecule has 1 N–H and O–H groups in total. The van der Waals surface area contributed by atoms with Gasteiger partial charge >= 0.3 is 6.09 Å². The lowest BCUT2D eigenvalue weighted by Crippen LogP contribution is -2.40. The van der Waals surface area contributed by atoms with E-state index in [-0.39, 0.29) is 47.1 Å². The molecule has 0 saturated carbocycles. The van der Waals surface area contributed by atoms with Crippen molar-refractivity contribution >= 4 is 61.3 Å². The van der Waals surface area contributed by atoms with Gasteiger partial charge in [0.25, 0.3) is 0 Å². The number of benzene rings is 1. The van der Waals surface area contributed by atoms with Gasteiger partial charge in [-0.1, -0.05) is 11.6 Å². The third-order valence-corrected chi connectivity index (χ3v) is 9.78. The minimum Gasteiger partial charge on any atom is -0.503 e. The number of amides is 3. The molecular formula is C26H21Br2NO8. The number of carbonyl (C=O) groups is 5. The first-order valence-corrected chi connectivity index (χ1v) is 13.0. The minimum atomic E-state index is -1.05. The standard InChI is InChI=1S/C26H21Br2NO8/c1-9-6-15(30)19-14(22(9)31)7-12-10(17(19)13-8-16(36-2)23(32)21(28)20(13)27)4-5-11-18(12)25(34)29(24(11)33)26(35)37-3/h4,6,8,11-12,17-18,32H,5,7H2,1-3H3. The van der Waals surface area contributed by atoms with Gasteiger partial charge in [-0.3, -0.25) is 19.2 Å². The summed E-state index contributed by atoms with van der Waals surface area (Å²) in [5.41, 5.74) is 2.10. The predicted octanol–water partition coefficient (Wildman–Crippen LogP) is 4.12. The van der Waals surface area contributed by atoms with E-state index in [9.17, 15) is 29.1 Å². The smallest absolute Gasteiger partial charge is 0.423 e. The molecule has 3 amide bonds. The van der Waals surface area contributed by atoms with Crippen molar-refractivity contribution in [3.05, 3.63) is 55.0 Å². The Kier molecular flexibility index (Phi) is 6.26. The third-order valence-electron chi connectivity index (χ3n) is 7.62. The Hall–Kier alpha value is -3.05. The van der Waals surface area contributed by atoms with E-state index in [1.807, 2.05) is 6.08 Å². The molecule has 0 radical (unpaired) electrons. The fourth-order valence-electron chi connectivity index (χ4n) is 5.99. The van der Waals surface area contributed by atoms with Crippen LogP contribution >= 0.6 is 31.9 Å². The number of nitrogens with zero attached hydrogens (tertiary/aromatic N) is 1. The lowest BCUT2D eigenvalue weighted by atomic mass is 9.59. The lowest BCUT2D eigenvalue weighted by Gasteiger charge is -2.42. The first-order chi connectivity index (χ1) is 17.5. The van der Waals surface area contributed by atoms with Gasteiger partial charge in [0.1, 0.15) is 0 Å². The number of phenolic OH excluding ortho intramolecular Hbond substituents is 1. The number of hydrogen-bond acceptors (Lipinski definition) is 8. The van der Waals surface area contributed by atoms with Crippen LogP contribution in [0.2, 0.25) is 0 Å². The maximum Gasteiger partial charge on any atom is 0.423 e. The highest BCUT2D eigenvalue weighted by Crippen LogP contribution is 2.57. The number of halogens is 2. The molecule has 37 heavy (non-hydrogen) atoms. The third kappa shape index (κ3) is 3.58. The zero-order chi connectivity index (χ0) is 26.9. The zero-order valence-electron chi connectivity index (χ0n) is 20.0. The van der Waals surface area contributed by atoms with E-state index in [2.05, 4.69) is 36.6 Å². The molecule has 0 spiro atoms. The summed E-state index contributed by atoms with van der Waals surface area (Å²) in [7, 11) is 2.49. The monoisotopic (exact) mass is 633 g/mol. The number of imide groups is 3. The number of rotatable bonds is 2. The highest BCUT2D eigenvalue weighted by atomic mass is 79.9. The number of methoxy groups -OCH3 is 2. The van der Waals surface area contributed by atoms with E-state index in [1.165, 1.54) is 13.2 Å². The van der Waals surface area contributed by atoms with E-state index in [0.717, 1.165) is 7.11 Å². The highest BCUT2D eigenvalue weighted by molar-refractivity contribution is 9.13. The fraction of sp³-hybridized carbons (Fsp3) is 0.346. The molecule has 4 atom stereocenters. The summed E-state index contributed by atoms with van der Waals surface area (Å²) >= 11 is 6.87. The lowest BCUT2D eigenvalue weighted by molar-refractivity contribution is -0.137. The minimum absolute atomic E-state index is 0.0800. The quantitative estimate of drug-likeness (QED) is 0.292. The van der Waals surface area contributed by atoms with Gasteiger partial charge in [0.2, 0.25) is 11.8 Å². The van der Waals surface area contributed by atoms with Crippen LogP contribution in [0.5, 0.6) is 11.5 Å². The number of hydrogen-bond donors (Lipinski definition) is 1. The first kappa shape index (κ1) is 25.6. The number of phenols is 1. The highest BCUT2D eigenvalue weighted by Gasteiger charge is 2.58. The maximum absolute atomic E-state index is 13.4. The Balaban J connectivity index is 1.74. The van der Waals surface area contributed by atoms with Crippen molar-refractivity contribution in [3.8, 4) is 11.5 Å². The number of allylic oxidation sites excluding steroid dienone is 6. The van der Waals surface area contributed by atoms with Crippen molar-refractivity contribution in [2.45, 2.75) is 25.7 Å². The average Bonchev–Trinajstić information content (AvgIpc) is 3.14. The van der Waals surface area contributed by atoms with Crippen LogP contribution in [0.15, 0.2) is 49.5 Å². The summed E-state index contributed by atoms with van der Waals surface area (Å²) in [6.07, 6.45) is 2.35. The number of Topliss-reactive ketones (excluding diaryl/α,β-unsaturated/α-hetero) is 1. The molecule has 4 aliphatic rings. The molecule has 1 fully saturated rings. The Morgan fingerprint density at radius 1 is 1.08 bits per heavy atom. The van der Waals surface area contributed by atoms with Gasteiger partial charge in [-0.25, -0.2) is 4.79 Å². The number of likely N-dealkylation sites (tertiary alicyclic amines) is 1. The van der Waals surface area contributed by atoms with Gasteiger partial charge in [-0.05, 0) is 75.2 Å². The van der Waals surface area contributed by atoms with Gasteiger partial charge in [0, 0.05) is 27.1 Å². The van der Waals surface area contributed by atoms with E-state index >= 15 is 0 Å². The number of aromatic hydroxyl groups is 1. The molecule has 1 heterocycles. The molecule has 5 rings (SSSR count). The van der Waals surface area contributed by atoms with E-state index < -0.39 is 41.6 Å². The van der Waals surface area contributed by atoms with Crippen LogP contribution in [-0.2, 0) is 23.9 Å². The summed E-state index contributed by atoms with van der Waals surface area (Å²) < 4.78 is 10.8. The summed E-state index contributed by atoms with van der Waals surface area (Å²) in [5.74, 6) is -4.97. The van der Waals surface area contributed by atoms with E-state index in [1.54, 1.807) is 13.0 Å². The molecular weight excluding hydrogens is 614 g/mol. The van der Waals surface area contributed by atoms with Crippen molar-refractivity contribution in [1.82, 2.24) is 4.90 Å². The molecule has 1 aromatic carbocycles. The van der Waals surface area contributed by atoms with Gasteiger partial charge in [0.15, 0.2) is 23.1 Å². The molecule has 0 bridgehead atoms. The van der Waals surface area contributed by atoms with Crippen molar-refractivity contribution in [3.63, 3.8) is 0 Å². The number of ketones is 2. The molecule has 192 valence electrons. The maximum atomic E-state index is 13.4. The SMILES string of the molecule is COC(=O)N1C(=O)C2CC=C3C(c4cc(OC)c(O)c(Br)c4Br)C4=C(CC3C2C1=O)C(=O)C(C)=CC4=O. The van der Waals surface area contributed by atoms with Crippen molar-refractivity contribution < 1.29 is 38.6 Å². The van der Waals surface area contributed by atoms with Crippen LogP contribution in [0, 0.1) is 17.8 Å². The summed E-state index contributed by atoms with van der Waals surface area (Å²) in [6.45, 7) is 1.56. The Morgan fingerprint density at radius 3 is 2.43 bits per heavy atom. The van der Waals surface area contributed by atoms with E-state index in [4.69, 9.17) is 4.74 Å². The predicted molar refractivity (Wildman–Crippen MR) is 136 cm³/mol. The second-order valence-corrected chi connectivity index (χ2v) is 10.9. The molecule has 4 unspecified atom stereocenters. The van der Waals surface area contributed by atoms with Crippen molar-refractivity contribution in [2.24, 2.45) is 17.8 Å². The summed E-state index contributed by atoms with van der Waals surface area (Å²) in [5, 5.41) is 10.5. The number of carbonyl (C=O) groups excluding carboxylic acids is 5. The van der Waals surface area contributed by atoms with Crippen molar-refractivity contribution in [1.29, 1.82) is 0 Å². The topological polar surface area (TPSA) is 127 Å². The number of ether oxygens (including phenoxy) is 2. The second-order valence-electron chi connectivity index (χ2n) is 9.36. The summed E-state index contributed by atoms with van der Waals surface area (Å²) in [6, 6.07) is 1.58. The molecule has 1 aromatic rings. The van der Waals surface area contributed by atoms with Crippen LogP contribution in [0.4, 0.5) is 4.79 Å². The van der Waals surface area contributed by atoms with Crippen LogP contribution in [0.3, 0.4) is 0 Å². The molecule has 0 aromatic heterocycles. The van der Waals surface area contributed by atoms with Crippen LogP contribution in [0.25, 0.3) is 0 Å². The molecule has 11 heteroatoms. The number of fused-ring (bicyclic) bond motifs is 3. The van der Waals surface area contributed by atoms with Crippen LogP contribution < -0.4 is 4.74 Å². The van der Waals surface area contributed by atoms with Crippen LogP contribution in [0.1, 0.15) is 31.2 Å². The largest absolute Gasteiger partial charge is 0.503 e. The second kappa shape index (κ2) is 9.05. The fourth-order valence-corrected chi connectivity index (χ4v) is 6.94. The Bertz CT molecular complexity index is 1420. The Morgan fingerprint density at radius 2 is 1.78 bits per heavy atom. The summed E-state index contributed by atoms with van der Waals surface area (Å²) in [4.78, 5) is 65.9.